The van der Waals surface area contributed by atoms with Crippen LogP contribution in [0.15, 0.2) is 5.51 Å². The van der Waals surface area contributed by atoms with Gasteiger partial charge in [0, 0.05) is 24.0 Å². The first-order chi connectivity index (χ1) is 9.48. The highest BCUT2D eigenvalue weighted by Gasteiger charge is 2.40. The number of carbonyl (C=O) groups is 1. The SMILES string of the molecule is CC(C)(C)c1ncsc1C(=O)N1C2CCNCC1CC2. The molecule has 2 aliphatic rings. The Morgan fingerprint density at radius 3 is 2.85 bits per heavy atom. The Kier molecular flexibility index (Phi) is 3.58. The summed E-state index contributed by atoms with van der Waals surface area (Å²) in [6, 6.07) is 0.780. The fraction of sp³-hybridized carbons (Fsp3) is 0.733. The van der Waals surface area contributed by atoms with Crippen LogP contribution in [0.25, 0.3) is 0 Å². The van der Waals surface area contributed by atoms with Gasteiger partial charge in [0.05, 0.1) is 11.2 Å². The number of hydrogen-bond acceptors (Lipinski definition) is 4. The van der Waals surface area contributed by atoms with Crippen LogP contribution in [0.4, 0.5) is 0 Å². The highest BCUT2D eigenvalue weighted by Crippen LogP contribution is 2.33. The predicted molar refractivity (Wildman–Crippen MR) is 81.3 cm³/mol. The minimum Gasteiger partial charge on any atom is -0.331 e. The Balaban J connectivity index is 1.91. The number of hydrogen-bond donors (Lipinski definition) is 1. The van der Waals surface area contributed by atoms with E-state index in [2.05, 4.69) is 36.0 Å². The summed E-state index contributed by atoms with van der Waals surface area (Å²) >= 11 is 1.49. The van der Waals surface area contributed by atoms with Gasteiger partial charge in [0.2, 0.25) is 0 Å². The Hall–Kier alpha value is -0.940. The summed E-state index contributed by atoms with van der Waals surface area (Å²) in [4.78, 5) is 20.4. The number of carbonyl (C=O) groups excluding carboxylic acids is 1. The highest BCUT2D eigenvalue weighted by molar-refractivity contribution is 7.11. The summed E-state index contributed by atoms with van der Waals surface area (Å²) in [7, 11) is 0. The topological polar surface area (TPSA) is 45.2 Å². The average molecular weight is 293 g/mol. The van der Waals surface area contributed by atoms with E-state index >= 15 is 0 Å². The van der Waals surface area contributed by atoms with Gasteiger partial charge in [-0.2, -0.15) is 0 Å². The van der Waals surface area contributed by atoms with Crippen molar-refractivity contribution in [1.29, 1.82) is 0 Å². The molecule has 20 heavy (non-hydrogen) atoms. The van der Waals surface area contributed by atoms with Crippen molar-refractivity contribution in [3.8, 4) is 0 Å². The van der Waals surface area contributed by atoms with Gasteiger partial charge in [-0.3, -0.25) is 4.79 Å². The van der Waals surface area contributed by atoms with E-state index in [9.17, 15) is 4.79 Å². The van der Waals surface area contributed by atoms with Crippen molar-refractivity contribution in [1.82, 2.24) is 15.2 Å². The van der Waals surface area contributed by atoms with Crippen LogP contribution in [0.2, 0.25) is 0 Å². The predicted octanol–water partition coefficient (Wildman–Crippen LogP) is 2.41. The van der Waals surface area contributed by atoms with E-state index in [0.717, 1.165) is 42.9 Å². The van der Waals surface area contributed by atoms with Crippen molar-refractivity contribution in [3.63, 3.8) is 0 Å². The molecule has 2 fully saturated rings. The van der Waals surface area contributed by atoms with Crippen molar-refractivity contribution in [2.24, 2.45) is 0 Å². The third-order valence-corrected chi connectivity index (χ3v) is 5.18. The lowest BCUT2D eigenvalue weighted by molar-refractivity contribution is 0.0682. The molecule has 2 bridgehead atoms. The van der Waals surface area contributed by atoms with Crippen LogP contribution in [0, 0.1) is 0 Å². The summed E-state index contributed by atoms with van der Waals surface area (Å²) in [6.07, 6.45) is 3.36. The standard InChI is InChI=1S/C15H23N3OS/c1-15(2,3)13-12(20-9-17-13)14(19)18-10-4-5-11(18)8-16-7-6-10/h9-11,16H,4-8H2,1-3H3. The summed E-state index contributed by atoms with van der Waals surface area (Å²) in [6.45, 7) is 8.33. The van der Waals surface area contributed by atoms with E-state index in [1.807, 2.05) is 5.51 Å². The van der Waals surface area contributed by atoms with Crippen LogP contribution >= 0.6 is 11.3 Å². The maximum Gasteiger partial charge on any atom is 0.266 e. The first kappa shape index (κ1) is 14.0. The van der Waals surface area contributed by atoms with Crippen molar-refractivity contribution < 1.29 is 4.79 Å². The Morgan fingerprint density at radius 2 is 2.10 bits per heavy atom. The molecule has 1 amide bonds. The molecule has 3 heterocycles. The van der Waals surface area contributed by atoms with Gasteiger partial charge in [0.15, 0.2) is 0 Å². The largest absolute Gasteiger partial charge is 0.331 e. The van der Waals surface area contributed by atoms with Gasteiger partial charge in [-0.25, -0.2) is 4.98 Å². The van der Waals surface area contributed by atoms with Crippen LogP contribution in [-0.4, -0.2) is 41.0 Å². The number of nitrogens with zero attached hydrogens (tertiary/aromatic N) is 2. The van der Waals surface area contributed by atoms with Crippen LogP contribution in [0.5, 0.6) is 0 Å². The van der Waals surface area contributed by atoms with Gasteiger partial charge < -0.3 is 10.2 Å². The number of rotatable bonds is 1. The fourth-order valence-electron chi connectivity index (χ4n) is 3.36. The molecule has 2 unspecified atom stereocenters. The second kappa shape index (κ2) is 5.11. The summed E-state index contributed by atoms with van der Waals surface area (Å²) < 4.78 is 0. The van der Waals surface area contributed by atoms with E-state index in [0.29, 0.717) is 12.1 Å². The summed E-state index contributed by atoms with van der Waals surface area (Å²) in [5.74, 6) is 0.202. The minimum atomic E-state index is -0.0753. The zero-order valence-electron chi connectivity index (χ0n) is 12.5. The molecule has 110 valence electrons. The molecule has 0 aliphatic carbocycles. The number of amides is 1. The summed E-state index contributed by atoms with van der Waals surface area (Å²) in [5, 5.41) is 3.45. The van der Waals surface area contributed by atoms with Gasteiger partial charge in [-0.1, -0.05) is 20.8 Å². The molecule has 0 radical (unpaired) electrons. The van der Waals surface area contributed by atoms with Gasteiger partial charge in [-0.05, 0) is 25.8 Å². The van der Waals surface area contributed by atoms with Gasteiger partial charge in [-0.15, -0.1) is 11.3 Å². The lowest BCUT2D eigenvalue weighted by Gasteiger charge is -2.28. The van der Waals surface area contributed by atoms with E-state index in [1.54, 1.807) is 0 Å². The Labute approximate surface area is 124 Å². The highest BCUT2D eigenvalue weighted by atomic mass is 32.1. The molecule has 1 aromatic heterocycles. The second-order valence-corrected chi connectivity index (χ2v) is 7.73. The van der Waals surface area contributed by atoms with Crippen LogP contribution < -0.4 is 5.32 Å². The molecule has 4 nitrogen and oxygen atoms in total. The maximum absolute atomic E-state index is 13.0. The third-order valence-electron chi connectivity index (χ3n) is 4.36. The molecule has 3 rings (SSSR count). The quantitative estimate of drug-likeness (QED) is 0.865. The van der Waals surface area contributed by atoms with Crippen molar-refractivity contribution >= 4 is 17.2 Å². The van der Waals surface area contributed by atoms with Gasteiger partial charge in [0.1, 0.15) is 4.88 Å². The molecule has 5 heteroatoms. The number of fused-ring (bicyclic) bond motifs is 2. The number of thiazole rings is 1. The van der Waals surface area contributed by atoms with Crippen LogP contribution in [0.3, 0.4) is 0 Å². The van der Waals surface area contributed by atoms with E-state index in [4.69, 9.17) is 0 Å². The zero-order chi connectivity index (χ0) is 14.3. The average Bonchev–Trinajstić information content (AvgIpc) is 2.91. The van der Waals surface area contributed by atoms with Crippen molar-refractivity contribution in [2.75, 3.05) is 13.1 Å². The smallest absolute Gasteiger partial charge is 0.266 e. The molecule has 1 aromatic rings. The molecule has 2 saturated heterocycles. The molecule has 0 saturated carbocycles. The van der Waals surface area contributed by atoms with E-state index in [-0.39, 0.29) is 11.3 Å². The third kappa shape index (κ3) is 2.37. The van der Waals surface area contributed by atoms with Crippen LogP contribution in [-0.2, 0) is 5.41 Å². The number of nitrogens with one attached hydrogen (secondary N) is 1. The lowest BCUT2D eigenvalue weighted by atomic mass is 9.91. The zero-order valence-corrected chi connectivity index (χ0v) is 13.3. The lowest BCUT2D eigenvalue weighted by Crippen LogP contribution is -2.42. The Bertz CT molecular complexity index is 491. The first-order valence-electron chi connectivity index (χ1n) is 7.46. The molecule has 2 aliphatic heterocycles. The Morgan fingerprint density at radius 1 is 1.35 bits per heavy atom. The molecule has 0 aromatic carbocycles. The molecule has 0 spiro atoms. The molecule has 2 atom stereocenters. The molecule has 1 N–H and O–H groups in total. The molecular formula is C15H23N3OS. The number of aromatic nitrogens is 1. The maximum atomic E-state index is 13.0. The summed E-state index contributed by atoms with van der Waals surface area (Å²) in [5.41, 5.74) is 2.68. The van der Waals surface area contributed by atoms with Crippen molar-refractivity contribution in [2.45, 2.75) is 57.5 Å². The normalized spacial score (nSPS) is 26.6. The molecular weight excluding hydrogens is 270 g/mol. The fourth-order valence-corrected chi connectivity index (χ4v) is 4.30. The van der Waals surface area contributed by atoms with Crippen molar-refractivity contribution in [3.05, 3.63) is 16.1 Å². The first-order valence-corrected chi connectivity index (χ1v) is 8.34. The van der Waals surface area contributed by atoms with Gasteiger partial charge >= 0.3 is 0 Å². The minimum absolute atomic E-state index is 0.0753. The second-order valence-electron chi connectivity index (χ2n) is 6.87. The van der Waals surface area contributed by atoms with Crippen LogP contribution in [0.1, 0.15) is 55.4 Å². The van der Waals surface area contributed by atoms with E-state index < -0.39 is 0 Å². The van der Waals surface area contributed by atoms with Gasteiger partial charge in [0.25, 0.3) is 5.91 Å². The monoisotopic (exact) mass is 293 g/mol. The van der Waals surface area contributed by atoms with E-state index in [1.165, 1.54) is 11.3 Å².